The van der Waals surface area contributed by atoms with E-state index >= 15 is 0 Å². The second-order valence-electron chi connectivity index (χ2n) is 12.1. The van der Waals surface area contributed by atoms with Gasteiger partial charge in [0.2, 0.25) is 11.7 Å². The fourth-order valence-corrected chi connectivity index (χ4v) is 4.30. The Kier molecular flexibility index (Phi) is 14.3. The van der Waals surface area contributed by atoms with Crippen LogP contribution < -0.4 is 36.1 Å². The van der Waals surface area contributed by atoms with E-state index in [1.165, 1.54) is 14.2 Å². The molecular weight excluding hydrogens is 594 g/mol. The van der Waals surface area contributed by atoms with Crippen LogP contribution in [0, 0.1) is 5.92 Å². The van der Waals surface area contributed by atoms with Crippen LogP contribution in [0.3, 0.4) is 0 Å². The molecule has 2 aromatic carbocycles. The van der Waals surface area contributed by atoms with Gasteiger partial charge in [0.05, 0.1) is 20.3 Å². The lowest BCUT2D eigenvalue weighted by Gasteiger charge is -2.23. The summed E-state index contributed by atoms with van der Waals surface area (Å²) in [6, 6.07) is 9.32. The number of anilines is 1. The molecule has 13 nitrogen and oxygen atoms in total. The minimum atomic E-state index is -1.09. The number of ether oxygens (including phenoxy) is 3. The highest BCUT2D eigenvalue weighted by atomic mass is 16.6. The largest absolute Gasteiger partial charge is 0.497 e. The van der Waals surface area contributed by atoms with Gasteiger partial charge in [-0.25, -0.2) is 9.59 Å². The normalized spacial score (nSPS) is 12.3. The molecule has 0 aliphatic rings. The number of urea groups is 1. The van der Waals surface area contributed by atoms with Crippen molar-refractivity contribution in [1.29, 1.82) is 0 Å². The van der Waals surface area contributed by atoms with Crippen LogP contribution in [0.5, 0.6) is 11.5 Å². The minimum Gasteiger partial charge on any atom is -0.497 e. The molecule has 0 fully saturated rings. The first kappa shape index (κ1) is 37.4. The van der Waals surface area contributed by atoms with Gasteiger partial charge >= 0.3 is 12.1 Å². The lowest BCUT2D eigenvalue weighted by Crippen LogP contribution is -2.55. The van der Waals surface area contributed by atoms with E-state index in [1.807, 2.05) is 13.8 Å². The highest BCUT2D eigenvalue weighted by Crippen LogP contribution is 2.22. The van der Waals surface area contributed by atoms with E-state index < -0.39 is 47.4 Å². The summed E-state index contributed by atoms with van der Waals surface area (Å²) in [7, 11) is 3.01. The Bertz CT molecular complexity index is 1350. The van der Waals surface area contributed by atoms with Crippen LogP contribution in [0.1, 0.15) is 65.5 Å². The highest BCUT2D eigenvalue weighted by molar-refractivity contribution is 6.38. The fraction of sp³-hybridized carbons (Fsp3) is 0.485. The number of ketones is 1. The third kappa shape index (κ3) is 13.0. The second-order valence-corrected chi connectivity index (χ2v) is 12.1. The molecule has 0 heterocycles. The van der Waals surface area contributed by atoms with Crippen LogP contribution in [0.15, 0.2) is 42.5 Å². The van der Waals surface area contributed by atoms with Crippen LogP contribution in [0.25, 0.3) is 0 Å². The van der Waals surface area contributed by atoms with Crippen LogP contribution in [-0.2, 0) is 32.2 Å². The maximum Gasteiger partial charge on any atom is 0.412 e. The SMILES string of the molecule is CCC(NC(=O)[C@H](CC(C)C)NC(=O)NCc1cccc(NC(=O)OC(C)(C)C)c1)C(=O)C(=O)NCc1cc(OC)cc(OC)c1. The molecule has 0 aromatic heterocycles. The number of benzene rings is 2. The Morgan fingerprint density at radius 3 is 2.00 bits per heavy atom. The van der Waals surface area contributed by atoms with Gasteiger partial charge in [0.25, 0.3) is 5.91 Å². The monoisotopic (exact) mass is 641 g/mol. The fourth-order valence-electron chi connectivity index (χ4n) is 4.30. The summed E-state index contributed by atoms with van der Waals surface area (Å²) in [5.41, 5.74) is 1.20. The van der Waals surface area contributed by atoms with Crippen LogP contribution in [-0.4, -0.2) is 61.6 Å². The first-order valence-corrected chi connectivity index (χ1v) is 15.1. The van der Waals surface area contributed by atoms with Crippen molar-refractivity contribution in [2.45, 2.75) is 85.2 Å². The number of nitrogens with one attached hydrogen (secondary N) is 5. The lowest BCUT2D eigenvalue weighted by molar-refractivity contribution is -0.140. The van der Waals surface area contributed by atoms with Crippen LogP contribution in [0.2, 0.25) is 0 Å². The number of carbonyl (C=O) groups is 5. The predicted octanol–water partition coefficient (Wildman–Crippen LogP) is 4.05. The average molecular weight is 642 g/mol. The van der Waals surface area contributed by atoms with Gasteiger partial charge in [-0.1, -0.05) is 32.9 Å². The maximum absolute atomic E-state index is 13.2. The van der Waals surface area contributed by atoms with Crippen molar-refractivity contribution >= 4 is 35.4 Å². The molecule has 0 saturated heterocycles. The summed E-state index contributed by atoms with van der Waals surface area (Å²) >= 11 is 0. The Morgan fingerprint density at radius 1 is 0.804 bits per heavy atom. The highest BCUT2D eigenvalue weighted by Gasteiger charge is 2.29. The Labute approximate surface area is 270 Å². The summed E-state index contributed by atoms with van der Waals surface area (Å²) < 4.78 is 15.7. The van der Waals surface area contributed by atoms with Crippen molar-refractivity contribution in [1.82, 2.24) is 21.3 Å². The van der Waals surface area contributed by atoms with Gasteiger partial charge in [-0.05, 0) is 74.9 Å². The molecule has 0 aliphatic heterocycles. The van der Waals surface area contributed by atoms with Gasteiger partial charge < -0.3 is 35.5 Å². The summed E-state index contributed by atoms with van der Waals surface area (Å²) in [5, 5.41) is 13.2. The van der Waals surface area contributed by atoms with E-state index in [-0.39, 0.29) is 25.4 Å². The van der Waals surface area contributed by atoms with Crippen LogP contribution >= 0.6 is 0 Å². The number of carbonyl (C=O) groups excluding carboxylic acids is 5. The summed E-state index contributed by atoms with van der Waals surface area (Å²) in [6.07, 6.45) is -0.140. The Balaban J connectivity index is 1.98. The zero-order chi connectivity index (χ0) is 34.4. The molecule has 2 aromatic rings. The first-order chi connectivity index (χ1) is 21.6. The first-order valence-electron chi connectivity index (χ1n) is 15.1. The smallest absolute Gasteiger partial charge is 0.412 e. The maximum atomic E-state index is 13.2. The van der Waals surface area contributed by atoms with Gasteiger partial charge in [0.1, 0.15) is 23.1 Å². The molecule has 13 heteroatoms. The molecule has 5 N–H and O–H groups in total. The standard InChI is InChI=1S/C33H47N5O8/c1-9-26(28(39)30(41)34-19-22-15-24(44-7)17-25(16-22)45-8)37-29(40)27(13-20(2)3)38-31(42)35-18-21-11-10-12-23(14-21)36-32(43)46-33(4,5)6/h10-12,14-17,20,26-27H,9,13,18-19H2,1-8H3,(H,34,41)(H,36,43)(H,37,40)(H2,35,38,42)/t26?,27-/m0/s1. The van der Waals surface area contributed by atoms with Crippen molar-refractivity contribution in [3.05, 3.63) is 53.6 Å². The zero-order valence-corrected chi connectivity index (χ0v) is 27.9. The molecule has 46 heavy (non-hydrogen) atoms. The predicted molar refractivity (Wildman–Crippen MR) is 174 cm³/mol. The Hall–Kier alpha value is -4.81. The molecule has 0 spiro atoms. The van der Waals surface area contributed by atoms with Crippen molar-refractivity contribution in [3.8, 4) is 11.5 Å². The molecule has 0 saturated carbocycles. The third-order valence-electron chi connectivity index (χ3n) is 6.48. The van der Waals surface area contributed by atoms with Gasteiger partial charge in [-0.15, -0.1) is 0 Å². The number of hydrogen-bond donors (Lipinski definition) is 5. The van der Waals surface area contributed by atoms with E-state index in [2.05, 4.69) is 26.6 Å². The number of hydrogen-bond acceptors (Lipinski definition) is 8. The van der Waals surface area contributed by atoms with Gasteiger partial charge in [0.15, 0.2) is 0 Å². The third-order valence-corrected chi connectivity index (χ3v) is 6.48. The minimum absolute atomic E-state index is 0.0330. The summed E-state index contributed by atoms with van der Waals surface area (Å²) in [5.74, 6) is -1.15. The van der Waals surface area contributed by atoms with E-state index in [1.54, 1.807) is 70.2 Å². The van der Waals surface area contributed by atoms with E-state index in [9.17, 15) is 24.0 Å². The molecule has 0 aliphatic carbocycles. The van der Waals surface area contributed by atoms with Crippen LogP contribution in [0.4, 0.5) is 15.3 Å². The van der Waals surface area contributed by atoms with Crippen molar-refractivity contribution in [3.63, 3.8) is 0 Å². The summed E-state index contributed by atoms with van der Waals surface area (Å²) in [6.45, 7) is 10.9. The average Bonchev–Trinajstić information content (AvgIpc) is 2.99. The second kappa shape index (κ2) is 17.6. The Morgan fingerprint density at radius 2 is 1.43 bits per heavy atom. The molecule has 1 unspecified atom stereocenters. The number of methoxy groups -OCH3 is 2. The quantitative estimate of drug-likeness (QED) is 0.181. The molecule has 2 rings (SSSR count). The van der Waals surface area contributed by atoms with E-state index in [0.29, 0.717) is 34.7 Å². The van der Waals surface area contributed by atoms with E-state index in [0.717, 1.165) is 0 Å². The number of amides is 5. The zero-order valence-electron chi connectivity index (χ0n) is 27.9. The van der Waals surface area contributed by atoms with Crippen molar-refractivity contribution in [2.24, 2.45) is 5.92 Å². The topological polar surface area (TPSA) is 173 Å². The summed E-state index contributed by atoms with van der Waals surface area (Å²) in [4.78, 5) is 63.8. The lowest BCUT2D eigenvalue weighted by atomic mass is 10.0. The van der Waals surface area contributed by atoms with Crippen molar-refractivity contribution < 1.29 is 38.2 Å². The molecular formula is C33H47N5O8. The molecule has 0 bridgehead atoms. The molecule has 2 atom stereocenters. The van der Waals surface area contributed by atoms with Gasteiger partial charge in [-0.3, -0.25) is 19.7 Å². The van der Waals surface area contributed by atoms with Crippen molar-refractivity contribution in [2.75, 3.05) is 19.5 Å². The van der Waals surface area contributed by atoms with E-state index in [4.69, 9.17) is 14.2 Å². The molecule has 5 amide bonds. The number of Topliss-reactive ketones (excluding diaryl/α,β-unsaturated/α-hetero) is 1. The molecule has 252 valence electrons. The van der Waals surface area contributed by atoms with Gasteiger partial charge in [0, 0.05) is 24.8 Å². The molecule has 0 radical (unpaired) electrons. The van der Waals surface area contributed by atoms with Gasteiger partial charge in [-0.2, -0.15) is 0 Å². The number of rotatable bonds is 15.